The van der Waals surface area contributed by atoms with Crippen LogP contribution in [0.25, 0.3) is 0 Å². The Morgan fingerprint density at radius 1 is 1.03 bits per heavy atom. The van der Waals surface area contributed by atoms with E-state index in [-0.39, 0.29) is 19.1 Å². The summed E-state index contributed by atoms with van der Waals surface area (Å²) in [5, 5.41) is 14.7. The Bertz CT molecular complexity index is 1220. The van der Waals surface area contributed by atoms with Crippen molar-refractivity contribution in [2.24, 2.45) is 5.92 Å². The first kappa shape index (κ1) is 27.6. The van der Waals surface area contributed by atoms with Crippen LogP contribution in [0.2, 0.25) is 0 Å². The van der Waals surface area contributed by atoms with Crippen LogP contribution in [0, 0.1) is 5.92 Å². The molecule has 5 N–H and O–H groups in total. The van der Waals surface area contributed by atoms with Crippen molar-refractivity contribution < 1.29 is 24.2 Å². The molecule has 8 nitrogen and oxygen atoms in total. The summed E-state index contributed by atoms with van der Waals surface area (Å²) in [6.07, 6.45) is 3.57. The second-order valence-electron chi connectivity index (χ2n) is 8.08. The highest BCUT2D eigenvalue weighted by atomic mass is 32.2. The van der Waals surface area contributed by atoms with E-state index in [0.717, 1.165) is 4.90 Å². The first-order chi connectivity index (χ1) is 17.9. The lowest BCUT2D eigenvalue weighted by molar-refractivity contribution is -0.111. The predicted molar refractivity (Wildman–Crippen MR) is 148 cm³/mol. The largest absolute Gasteiger partial charge is 0.491 e. The number of para-hydroxylation sites is 3. The van der Waals surface area contributed by atoms with Gasteiger partial charge < -0.3 is 25.6 Å². The van der Waals surface area contributed by atoms with Crippen LogP contribution in [-0.2, 0) is 9.53 Å². The average Bonchev–Trinajstić information content (AvgIpc) is 2.91. The number of amides is 2. The van der Waals surface area contributed by atoms with Gasteiger partial charge in [0.2, 0.25) is 5.91 Å². The molecule has 0 bridgehead atoms. The highest BCUT2D eigenvalue weighted by Crippen LogP contribution is 2.34. The molecule has 2 atom stereocenters. The molecule has 3 rings (SSSR count). The first-order valence-corrected chi connectivity index (χ1v) is 12.9. The summed E-state index contributed by atoms with van der Waals surface area (Å²) in [4.78, 5) is 26.5. The Hall–Kier alpha value is -3.95. The molecule has 3 aromatic rings. The highest BCUT2D eigenvalue weighted by Gasteiger charge is 2.26. The SMILES string of the molecule is CSc1ccc(NC(=O)O[C@H](c2ccccc2OCCO)[C@@H](C)/C=C/C(=O)Nc2ccccc2N)cc1. The number of rotatable bonds is 11. The minimum atomic E-state index is -0.786. The van der Waals surface area contributed by atoms with Crippen molar-refractivity contribution in [3.05, 3.63) is 90.5 Å². The molecule has 9 heteroatoms. The standard InChI is InChI=1S/C28H31N3O5S/c1-19(11-16-26(33)31-24-9-5-4-8-23(24)29)27(22-7-3-6-10-25(22)35-18-17-32)36-28(34)30-20-12-14-21(37-2)15-13-20/h3-16,19,27,32H,17-18,29H2,1-2H3,(H,30,34)(H,31,33)/b16-11+/t19-,27-/m0/s1. The van der Waals surface area contributed by atoms with E-state index in [9.17, 15) is 14.7 Å². The molecule has 0 radical (unpaired) electrons. The number of nitrogens with two attached hydrogens (primary N) is 1. The predicted octanol–water partition coefficient (Wildman–Crippen LogP) is 5.48. The first-order valence-electron chi connectivity index (χ1n) is 11.7. The summed E-state index contributed by atoms with van der Waals surface area (Å²) in [5.74, 6) is -0.311. The van der Waals surface area contributed by atoms with Crippen molar-refractivity contribution in [2.45, 2.75) is 17.9 Å². The number of hydrogen-bond acceptors (Lipinski definition) is 7. The number of hydrogen-bond donors (Lipinski definition) is 4. The van der Waals surface area contributed by atoms with E-state index in [0.29, 0.717) is 28.4 Å². The van der Waals surface area contributed by atoms with Gasteiger partial charge in [0.25, 0.3) is 0 Å². The van der Waals surface area contributed by atoms with E-state index in [4.69, 9.17) is 15.2 Å². The minimum Gasteiger partial charge on any atom is -0.491 e. The molecule has 0 unspecified atom stereocenters. The fourth-order valence-electron chi connectivity index (χ4n) is 3.52. The third kappa shape index (κ3) is 8.30. The third-order valence-electron chi connectivity index (χ3n) is 5.39. The molecule has 0 heterocycles. The summed E-state index contributed by atoms with van der Waals surface area (Å²) in [6.45, 7) is 1.75. The van der Waals surface area contributed by atoms with Gasteiger partial charge in [0.05, 0.1) is 18.0 Å². The zero-order valence-electron chi connectivity index (χ0n) is 20.7. The summed E-state index contributed by atoms with van der Waals surface area (Å²) < 4.78 is 11.5. The fourth-order valence-corrected chi connectivity index (χ4v) is 3.93. The summed E-state index contributed by atoms with van der Waals surface area (Å²) in [6, 6.07) is 21.5. The highest BCUT2D eigenvalue weighted by molar-refractivity contribution is 7.98. The van der Waals surface area contributed by atoms with Gasteiger partial charge in [0, 0.05) is 22.1 Å². The number of benzene rings is 3. The second kappa shape index (κ2) is 14.0. The molecule has 0 aromatic heterocycles. The molecular formula is C28H31N3O5S. The zero-order chi connectivity index (χ0) is 26.6. The van der Waals surface area contributed by atoms with Crippen LogP contribution in [0.4, 0.5) is 21.9 Å². The number of nitrogen functional groups attached to an aromatic ring is 1. The maximum atomic E-state index is 12.9. The summed E-state index contributed by atoms with van der Waals surface area (Å²) in [5.41, 5.74) is 8.06. The van der Waals surface area contributed by atoms with Crippen LogP contribution in [0.3, 0.4) is 0 Å². The van der Waals surface area contributed by atoms with Gasteiger partial charge >= 0.3 is 6.09 Å². The molecule has 3 aromatic carbocycles. The van der Waals surface area contributed by atoms with Gasteiger partial charge in [0.1, 0.15) is 18.5 Å². The van der Waals surface area contributed by atoms with E-state index in [1.807, 2.05) is 25.3 Å². The molecule has 37 heavy (non-hydrogen) atoms. The van der Waals surface area contributed by atoms with Crippen LogP contribution < -0.4 is 21.1 Å². The normalized spacial score (nSPS) is 12.5. The zero-order valence-corrected chi connectivity index (χ0v) is 21.5. The lowest BCUT2D eigenvalue weighted by atomic mass is 9.95. The quantitative estimate of drug-likeness (QED) is 0.150. The van der Waals surface area contributed by atoms with Gasteiger partial charge in [-0.1, -0.05) is 43.3 Å². The minimum absolute atomic E-state index is 0.0862. The molecule has 0 aliphatic heterocycles. The third-order valence-corrected chi connectivity index (χ3v) is 6.14. The Balaban J connectivity index is 1.80. The Morgan fingerprint density at radius 3 is 2.43 bits per heavy atom. The maximum absolute atomic E-state index is 12.9. The molecule has 0 saturated heterocycles. The van der Waals surface area contributed by atoms with Gasteiger partial charge in [0.15, 0.2) is 0 Å². The Kier molecular flexibility index (Phi) is 10.4. The van der Waals surface area contributed by atoms with Gasteiger partial charge in [-0.25, -0.2) is 4.79 Å². The summed E-state index contributed by atoms with van der Waals surface area (Å²) >= 11 is 1.60. The van der Waals surface area contributed by atoms with Crippen LogP contribution in [0.1, 0.15) is 18.6 Å². The number of thioether (sulfide) groups is 1. The molecular weight excluding hydrogens is 490 g/mol. The molecule has 0 spiro atoms. The van der Waals surface area contributed by atoms with Crippen LogP contribution in [-0.4, -0.2) is 36.6 Å². The van der Waals surface area contributed by atoms with Crippen molar-refractivity contribution >= 4 is 40.8 Å². The topological polar surface area (TPSA) is 123 Å². The number of aliphatic hydroxyl groups excluding tert-OH is 1. The maximum Gasteiger partial charge on any atom is 0.412 e. The van der Waals surface area contributed by atoms with Crippen molar-refractivity contribution in [1.29, 1.82) is 0 Å². The number of nitrogens with one attached hydrogen (secondary N) is 2. The average molecular weight is 522 g/mol. The van der Waals surface area contributed by atoms with Crippen molar-refractivity contribution in [1.82, 2.24) is 0 Å². The molecule has 194 valence electrons. The molecule has 0 fully saturated rings. The number of anilines is 3. The number of ether oxygens (including phenoxy) is 2. The van der Waals surface area contributed by atoms with E-state index >= 15 is 0 Å². The van der Waals surface area contributed by atoms with Crippen molar-refractivity contribution in [2.75, 3.05) is 35.8 Å². The number of carbonyl (C=O) groups is 2. The smallest absolute Gasteiger partial charge is 0.412 e. The van der Waals surface area contributed by atoms with Crippen LogP contribution in [0.15, 0.2) is 89.8 Å². The lowest BCUT2D eigenvalue weighted by Gasteiger charge is -2.25. The fraction of sp³-hybridized carbons (Fsp3) is 0.214. The van der Waals surface area contributed by atoms with Gasteiger partial charge in [-0.05, 0) is 54.8 Å². The van der Waals surface area contributed by atoms with Crippen molar-refractivity contribution in [3.63, 3.8) is 0 Å². The van der Waals surface area contributed by atoms with Crippen LogP contribution in [0.5, 0.6) is 5.75 Å². The number of carbonyl (C=O) groups excluding carboxylic acids is 2. The van der Waals surface area contributed by atoms with Gasteiger partial charge in [-0.15, -0.1) is 11.8 Å². The van der Waals surface area contributed by atoms with E-state index in [1.54, 1.807) is 78.5 Å². The van der Waals surface area contributed by atoms with Gasteiger partial charge in [-0.3, -0.25) is 10.1 Å². The Labute approximate surface area is 220 Å². The molecule has 0 aliphatic carbocycles. The Morgan fingerprint density at radius 2 is 1.73 bits per heavy atom. The van der Waals surface area contributed by atoms with Crippen LogP contribution >= 0.6 is 11.8 Å². The van der Waals surface area contributed by atoms with E-state index < -0.39 is 18.1 Å². The molecule has 0 aliphatic rings. The summed E-state index contributed by atoms with van der Waals surface area (Å²) in [7, 11) is 0. The van der Waals surface area contributed by atoms with E-state index in [1.165, 1.54) is 6.08 Å². The number of aliphatic hydroxyl groups is 1. The lowest BCUT2D eigenvalue weighted by Crippen LogP contribution is -2.22. The van der Waals surface area contributed by atoms with E-state index in [2.05, 4.69) is 10.6 Å². The molecule has 2 amide bonds. The van der Waals surface area contributed by atoms with Gasteiger partial charge in [-0.2, -0.15) is 0 Å². The van der Waals surface area contributed by atoms with Crippen molar-refractivity contribution in [3.8, 4) is 5.75 Å². The second-order valence-corrected chi connectivity index (χ2v) is 8.96. The monoisotopic (exact) mass is 521 g/mol. The molecule has 0 saturated carbocycles.